The Kier molecular flexibility index (Phi) is 4.63. The van der Waals surface area contributed by atoms with Crippen molar-refractivity contribution in [1.82, 2.24) is 9.88 Å². The van der Waals surface area contributed by atoms with E-state index in [9.17, 15) is 18.0 Å². The average Bonchev–Trinajstić information content (AvgIpc) is 2.72. The highest BCUT2D eigenvalue weighted by Gasteiger charge is 2.34. The molecule has 3 aromatic rings. The minimum Gasteiger partial charge on any atom is -0.327 e. The summed E-state index contributed by atoms with van der Waals surface area (Å²) in [5.41, 5.74) is 2.44. The SMILES string of the molecule is O=C(c1cccnc1)N1CCc2ccccc2C1c1ccc(C(F)(F)F)cc1. The van der Waals surface area contributed by atoms with Gasteiger partial charge in [0.25, 0.3) is 5.91 Å². The number of halogens is 3. The first-order valence-corrected chi connectivity index (χ1v) is 8.91. The molecule has 1 unspecified atom stereocenters. The maximum Gasteiger partial charge on any atom is 0.416 e. The van der Waals surface area contributed by atoms with Crippen molar-refractivity contribution in [3.63, 3.8) is 0 Å². The number of alkyl halides is 3. The van der Waals surface area contributed by atoms with Gasteiger partial charge in [0.1, 0.15) is 0 Å². The fraction of sp³-hybridized carbons (Fsp3) is 0.182. The summed E-state index contributed by atoms with van der Waals surface area (Å²) in [5.74, 6) is -0.187. The van der Waals surface area contributed by atoms with E-state index >= 15 is 0 Å². The van der Waals surface area contributed by atoms with Crippen LogP contribution in [0.4, 0.5) is 13.2 Å². The third-order valence-corrected chi connectivity index (χ3v) is 5.01. The molecule has 0 bridgehead atoms. The predicted molar refractivity (Wildman–Crippen MR) is 98.7 cm³/mol. The van der Waals surface area contributed by atoms with Crippen molar-refractivity contribution in [1.29, 1.82) is 0 Å². The highest BCUT2D eigenvalue weighted by molar-refractivity contribution is 5.94. The van der Waals surface area contributed by atoms with Crippen molar-refractivity contribution < 1.29 is 18.0 Å². The van der Waals surface area contributed by atoms with Crippen LogP contribution in [0.5, 0.6) is 0 Å². The summed E-state index contributed by atoms with van der Waals surface area (Å²) in [7, 11) is 0. The number of rotatable bonds is 2. The highest BCUT2D eigenvalue weighted by Crippen LogP contribution is 2.37. The molecule has 4 rings (SSSR count). The molecule has 1 aromatic heterocycles. The first kappa shape index (κ1) is 18.2. The van der Waals surface area contributed by atoms with E-state index in [1.54, 1.807) is 23.2 Å². The van der Waals surface area contributed by atoms with Crippen LogP contribution in [0, 0.1) is 0 Å². The zero-order chi connectivity index (χ0) is 19.7. The molecule has 1 aliphatic rings. The molecule has 0 saturated carbocycles. The third-order valence-electron chi connectivity index (χ3n) is 5.01. The lowest BCUT2D eigenvalue weighted by Crippen LogP contribution is -2.40. The van der Waals surface area contributed by atoms with Gasteiger partial charge in [-0.25, -0.2) is 0 Å². The number of aromatic nitrogens is 1. The molecule has 6 heteroatoms. The van der Waals surface area contributed by atoms with Crippen LogP contribution in [-0.2, 0) is 12.6 Å². The minimum atomic E-state index is -4.39. The molecule has 0 N–H and O–H groups in total. The number of fused-ring (bicyclic) bond motifs is 1. The number of hydrogen-bond donors (Lipinski definition) is 0. The quantitative estimate of drug-likeness (QED) is 0.632. The number of carbonyl (C=O) groups is 1. The number of nitrogens with zero attached hydrogens (tertiary/aromatic N) is 2. The van der Waals surface area contributed by atoms with E-state index in [-0.39, 0.29) is 5.91 Å². The Balaban J connectivity index is 1.78. The molecule has 2 heterocycles. The number of pyridine rings is 1. The van der Waals surface area contributed by atoms with E-state index in [1.807, 2.05) is 24.3 Å². The van der Waals surface area contributed by atoms with Gasteiger partial charge in [0.15, 0.2) is 0 Å². The summed E-state index contributed by atoms with van der Waals surface area (Å²) >= 11 is 0. The molecule has 1 amide bonds. The predicted octanol–water partition coefficient (Wildman–Crippen LogP) is 4.89. The lowest BCUT2D eigenvalue weighted by atomic mass is 9.87. The van der Waals surface area contributed by atoms with Crippen LogP contribution < -0.4 is 0 Å². The summed E-state index contributed by atoms with van der Waals surface area (Å²) in [4.78, 5) is 18.8. The second-order valence-corrected chi connectivity index (χ2v) is 6.71. The first-order valence-electron chi connectivity index (χ1n) is 8.91. The Morgan fingerprint density at radius 1 is 1.00 bits per heavy atom. The Hall–Kier alpha value is -3.15. The Morgan fingerprint density at radius 2 is 1.75 bits per heavy atom. The lowest BCUT2D eigenvalue weighted by molar-refractivity contribution is -0.137. The van der Waals surface area contributed by atoms with E-state index in [0.717, 1.165) is 23.3 Å². The van der Waals surface area contributed by atoms with Gasteiger partial charge in [-0.2, -0.15) is 13.2 Å². The zero-order valence-corrected chi connectivity index (χ0v) is 14.9. The fourth-order valence-corrected chi connectivity index (χ4v) is 3.65. The van der Waals surface area contributed by atoms with Crippen LogP contribution in [0.2, 0.25) is 0 Å². The minimum absolute atomic E-state index is 0.187. The molecule has 1 aliphatic heterocycles. The van der Waals surface area contributed by atoms with E-state index in [2.05, 4.69) is 4.98 Å². The van der Waals surface area contributed by atoms with Gasteiger partial charge in [0.2, 0.25) is 0 Å². The third kappa shape index (κ3) is 3.38. The van der Waals surface area contributed by atoms with E-state index in [1.165, 1.54) is 18.3 Å². The second-order valence-electron chi connectivity index (χ2n) is 6.71. The number of hydrogen-bond acceptors (Lipinski definition) is 2. The smallest absolute Gasteiger partial charge is 0.327 e. The van der Waals surface area contributed by atoms with E-state index < -0.39 is 17.8 Å². The molecule has 3 nitrogen and oxygen atoms in total. The summed E-state index contributed by atoms with van der Waals surface area (Å²) in [5, 5.41) is 0. The van der Waals surface area contributed by atoms with Crippen molar-refractivity contribution in [2.45, 2.75) is 18.6 Å². The van der Waals surface area contributed by atoms with Gasteiger partial charge in [-0.3, -0.25) is 9.78 Å². The van der Waals surface area contributed by atoms with Crippen molar-refractivity contribution in [2.24, 2.45) is 0 Å². The summed E-state index contributed by atoms with van der Waals surface area (Å²) in [6.07, 6.45) is -0.601. The molecular weight excluding hydrogens is 365 g/mol. The average molecular weight is 382 g/mol. The van der Waals surface area contributed by atoms with Crippen molar-refractivity contribution in [3.05, 3.63) is 101 Å². The monoisotopic (exact) mass is 382 g/mol. The van der Waals surface area contributed by atoms with Crippen LogP contribution in [0.15, 0.2) is 73.1 Å². The molecule has 28 heavy (non-hydrogen) atoms. The summed E-state index contributed by atoms with van der Waals surface area (Å²) in [6.45, 7) is 0.483. The normalized spacial score (nSPS) is 16.5. The lowest BCUT2D eigenvalue weighted by Gasteiger charge is -2.38. The highest BCUT2D eigenvalue weighted by atomic mass is 19.4. The summed E-state index contributed by atoms with van der Waals surface area (Å²) in [6, 6.07) is 15.7. The van der Waals surface area contributed by atoms with Gasteiger partial charge in [0, 0.05) is 18.9 Å². The van der Waals surface area contributed by atoms with Gasteiger partial charge >= 0.3 is 6.18 Å². The first-order chi connectivity index (χ1) is 13.4. The van der Waals surface area contributed by atoms with E-state index in [0.29, 0.717) is 24.1 Å². The van der Waals surface area contributed by atoms with Crippen LogP contribution in [0.1, 0.15) is 38.7 Å². The Labute approximate surface area is 160 Å². The molecule has 142 valence electrons. The molecule has 0 spiro atoms. The van der Waals surface area contributed by atoms with Gasteiger partial charge in [-0.05, 0) is 47.4 Å². The second kappa shape index (κ2) is 7.11. The fourth-order valence-electron chi connectivity index (χ4n) is 3.65. The van der Waals surface area contributed by atoms with Crippen molar-refractivity contribution in [3.8, 4) is 0 Å². The molecule has 0 radical (unpaired) electrons. The van der Waals surface area contributed by atoms with Crippen LogP contribution in [-0.4, -0.2) is 22.3 Å². The molecule has 0 aliphatic carbocycles. The Morgan fingerprint density at radius 3 is 2.43 bits per heavy atom. The molecule has 1 atom stereocenters. The topological polar surface area (TPSA) is 33.2 Å². The number of carbonyl (C=O) groups excluding carboxylic acids is 1. The van der Waals surface area contributed by atoms with Crippen molar-refractivity contribution >= 4 is 5.91 Å². The standard InChI is InChI=1S/C22H17F3N2O/c23-22(24,25)18-9-7-16(8-10-18)20-19-6-2-1-4-15(19)11-13-27(20)21(28)17-5-3-12-26-14-17/h1-10,12,14,20H,11,13H2. The van der Waals surface area contributed by atoms with Gasteiger partial charge in [-0.15, -0.1) is 0 Å². The maximum absolute atomic E-state index is 13.1. The Bertz CT molecular complexity index is 985. The molecule has 2 aromatic carbocycles. The maximum atomic E-state index is 13.1. The van der Waals surface area contributed by atoms with Crippen LogP contribution >= 0.6 is 0 Å². The largest absolute Gasteiger partial charge is 0.416 e. The van der Waals surface area contributed by atoms with Crippen LogP contribution in [0.25, 0.3) is 0 Å². The van der Waals surface area contributed by atoms with Gasteiger partial charge < -0.3 is 4.90 Å². The van der Waals surface area contributed by atoms with Gasteiger partial charge in [0.05, 0.1) is 17.2 Å². The molecular formula is C22H17F3N2O. The van der Waals surface area contributed by atoms with Crippen molar-refractivity contribution in [2.75, 3.05) is 6.54 Å². The van der Waals surface area contributed by atoms with E-state index in [4.69, 9.17) is 0 Å². The molecule has 0 fully saturated rings. The summed E-state index contributed by atoms with van der Waals surface area (Å²) < 4.78 is 38.9. The van der Waals surface area contributed by atoms with Gasteiger partial charge in [-0.1, -0.05) is 36.4 Å². The number of benzene rings is 2. The van der Waals surface area contributed by atoms with Crippen LogP contribution in [0.3, 0.4) is 0 Å². The molecule has 0 saturated heterocycles. The zero-order valence-electron chi connectivity index (χ0n) is 14.9. The number of amides is 1.